The summed E-state index contributed by atoms with van der Waals surface area (Å²) >= 11 is 5.41. The van der Waals surface area contributed by atoms with Gasteiger partial charge in [0, 0.05) is 7.05 Å². The second kappa shape index (κ2) is 4.37. The topological polar surface area (TPSA) is 46.3 Å². The third-order valence-electron chi connectivity index (χ3n) is 1.74. The Morgan fingerprint density at radius 1 is 1.46 bits per heavy atom. The molecule has 1 aromatic carbocycles. The summed E-state index contributed by atoms with van der Waals surface area (Å²) < 4.78 is 0. The summed E-state index contributed by atoms with van der Waals surface area (Å²) in [5.41, 5.74) is 0.799. The number of hydrazine groups is 1. The van der Waals surface area contributed by atoms with Gasteiger partial charge in [-0.15, -0.1) is 0 Å². The molecular weight excluding hydrogens is 188 g/mol. The van der Waals surface area contributed by atoms with Gasteiger partial charge in [-0.1, -0.05) is 30.3 Å². The smallest absolute Gasteiger partial charge is 0.244 e. The Bertz CT molecular complexity index is 287. The number of benzene rings is 1. The first-order chi connectivity index (χ1) is 6.13. The summed E-state index contributed by atoms with van der Waals surface area (Å²) in [5, 5.41) is 0.821. The molecule has 0 heterocycles. The van der Waals surface area contributed by atoms with E-state index < -0.39 is 11.3 Å². The molecule has 2 N–H and O–H groups in total. The number of halogens is 1. The number of hydrogen-bond donors (Lipinski definition) is 1. The van der Waals surface area contributed by atoms with Crippen molar-refractivity contribution in [2.45, 2.75) is 6.04 Å². The number of likely N-dealkylation sites (N-methyl/N-ethyl adjacent to an activating group) is 1. The van der Waals surface area contributed by atoms with Gasteiger partial charge in [0.25, 0.3) is 0 Å². The highest BCUT2D eigenvalue weighted by molar-refractivity contribution is 6.64. The Labute approximate surface area is 82.1 Å². The highest BCUT2D eigenvalue weighted by Gasteiger charge is 2.20. The van der Waals surface area contributed by atoms with Crippen molar-refractivity contribution in [3.05, 3.63) is 35.9 Å². The van der Waals surface area contributed by atoms with Gasteiger partial charge in [-0.25, -0.2) is 5.01 Å². The van der Waals surface area contributed by atoms with Gasteiger partial charge in [-0.05, 0) is 17.2 Å². The van der Waals surface area contributed by atoms with E-state index in [0.717, 1.165) is 5.56 Å². The number of hydrogen-bond acceptors (Lipinski definition) is 3. The number of rotatable bonds is 3. The van der Waals surface area contributed by atoms with Gasteiger partial charge < -0.3 is 0 Å². The average Bonchev–Trinajstić information content (AvgIpc) is 2.04. The summed E-state index contributed by atoms with van der Waals surface area (Å²) in [6, 6.07) is 8.61. The van der Waals surface area contributed by atoms with Crippen LogP contribution >= 0.6 is 11.6 Å². The lowest BCUT2D eigenvalue weighted by atomic mass is 10.1. The first-order valence-electron chi connectivity index (χ1n) is 3.84. The first kappa shape index (κ1) is 10.2. The van der Waals surface area contributed by atoms with E-state index in [1.54, 1.807) is 7.05 Å². The summed E-state index contributed by atoms with van der Waals surface area (Å²) in [5.74, 6) is 5.50. The molecule has 0 saturated carbocycles. The molecule has 0 bridgehead atoms. The van der Waals surface area contributed by atoms with Crippen LogP contribution in [0.25, 0.3) is 0 Å². The number of nitrogens with two attached hydrogens (primary N) is 1. The van der Waals surface area contributed by atoms with E-state index in [2.05, 4.69) is 0 Å². The van der Waals surface area contributed by atoms with Crippen LogP contribution in [0.2, 0.25) is 0 Å². The molecule has 0 amide bonds. The third kappa shape index (κ3) is 2.52. The van der Waals surface area contributed by atoms with Gasteiger partial charge in [0.1, 0.15) is 6.04 Å². The minimum Gasteiger partial charge on any atom is -0.279 e. The Kier molecular flexibility index (Phi) is 3.42. The molecule has 1 rings (SSSR count). The minimum atomic E-state index is -0.567. The second-order valence-electron chi connectivity index (χ2n) is 2.78. The van der Waals surface area contributed by atoms with Crippen LogP contribution in [0.1, 0.15) is 11.6 Å². The summed E-state index contributed by atoms with van der Waals surface area (Å²) in [7, 11) is 1.61. The van der Waals surface area contributed by atoms with Gasteiger partial charge in [0.05, 0.1) is 0 Å². The van der Waals surface area contributed by atoms with Crippen LogP contribution < -0.4 is 5.84 Å². The molecule has 0 fully saturated rings. The molecule has 3 nitrogen and oxygen atoms in total. The molecule has 0 aliphatic rings. The van der Waals surface area contributed by atoms with Crippen molar-refractivity contribution in [2.75, 3.05) is 7.05 Å². The third-order valence-corrected chi connectivity index (χ3v) is 1.94. The van der Waals surface area contributed by atoms with E-state index in [1.165, 1.54) is 5.01 Å². The molecule has 1 atom stereocenters. The maximum Gasteiger partial charge on any atom is 0.244 e. The van der Waals surface area contributed by atoms with Crippen LogP contribution in [0.3, 0.4) is 0 Å². The van der Waals surface area contributed by atoms with E-state index >= 15 is 0 Å². The zero-order valence-corrected chi connectivity index (χ0v) is 8.03. The van der Waals surface area contributed by atoms with E-state index in [1.807, 2.05) is 30.3 Å². The van der Waals surface area contributed by atoms with Gasteiger partial charge in [0.2, 0.25) is 5.24 Å². The van der Waals surface area contributed by atoms with Gasteiger partial charge >= 0.3 is 0 Å². The van der Waals surface area contributed by atoms with E-state index in [9.17, 15) is 4.79 Å². The van der Waals surface area contributed by atoms with Gasteiger partial charge in [0.15, 0.2) is 0 Å². The molecule has 0 aliphatic carbocycles. The van der Waals surface area contributed by atoms with Crippen molar-refractivity contribution in [3.63, 3.8) is 0 Å². The fraction of sp³-hybridized carbons (Fsp3) is 0.222. The normalized spacial score (nSPS) is 12.9. The van der Waals surface area contributed by atoms with Crippen molar-refractivity contribution in [1.29, 1.82) is 0 Å². The molecular formula is C9H11ClN2O. The Hall–Kier alpha value is -0.900. The Morgan fingerprint density at radius 3 is 2.38 bits per heavy atom. The lowest BCUT2D eigenvalue weighted by Crippen LogP contribution is -2.34. The predicted octanol–water partition coefficient (Wildman–Crippen LogP) is 1.30. The molecule has 70 valence electrons. The lowest BCUT2D eigenvalue weighted by molar-refractivity contribution is -0.116. The van der Waals surface area contributed by atoms with Crippen LogP contribution in [0.4, 0.5) is 0 Å². The van der Waals surface area contributed by atoms with Crippen LogP contribution in [-0.4, -0.2) is 17.3 Å². The quantitative estimate of drug-likeness (QED) is 0.453. The predicted molar refractivity (Wildman–Crippen MR) is 52.0 cm³/mol. The molecule has 0 saturated heterocycles. The van der Waals surface area contributed by atoms with Crippen molar-refractivity contribution in [1.82, 2.24) is 5.01 Å². The standard InChI is InChI=1S/C9H11ClN2O/c1-12(11)8(9(10)13)7-5-3-2-4-6-7/h2-6,8H,11H2,1H3/t8-/m1/s1. The fourth-order valence-corrected chi connectivity index (χ4v) is 1.44. The average molecular weight is 199 g/mol. The highest BCUT2D eigenvalue weighted by atomic mass is 35.5. The fourth-order valence-electron chi connectivity index (χ4n) is 1.16. The van der Waals surface area contributed by atoms with Crippen LogP contribution in [0.5, 0.6) is 0 Å². The van der Waals surface area contributed by atoms with Gasteiger partial charge in [-0.2, -0.15) is 0 Å². The van der Waals surface area contributed by atoms with Crippen molar-refractivity contribution < 1.29 is 4.79 Å². The summed E-state index contributed by atoms with van der Waals surface area (Å²) in [6.45, 7) is 0. The zero-order chi connectivity index (χ0) is 9.84. The van der Waals surface area contributed by atoms with E-state index in [4.69, 9.17) is 17.4 Å². The number of carbonyl (C=O) groups excluding carboxylic acids is 1. The monoisotopic (exact) mass is 198 g/mol. The maximum absolute atomic E-state index is 11.0. The number of carbonyl (C=O) groups is 1. The van der Waals surface area contributed by atoms with Crippen LogP contribution in [-0.2, 0) is 4.79 Å². The Morgan fingerprint density at radius 2 is 2.00 bits per heavy atom. The molecule has 0 spiro atoms. The molecule has 13 heavy (non-hydrogen) atoms. The maximum atomic E-state index is 11.0. The molecule has 4 heteroatoms. The molecule has 0 aliphatic heterocycles. The van der Waals surface area contributed by atoms with Crippen LogP contribution in [0, 0.1) is 0 Å². The first-order valence-corrected chi connectivity index (χ1v) is 4.22. The van der Waals surface area contributed by atoms with E-state index in [-0.39, 0.29) is 0 Å². The largest absolute Gasteiger partial charge is 0.279 e. The second-order valence-corrected chi connectivity index (χ2v) is 3.16. The van der Waals surface area contributed by atoms with Crippen molar-refractivity contribution >= 4 is 16.8 Å². The summed E-state index contributed by atoms with van der Waals surface area (Å²) in [4.78, 5) is 11.0. The van der Waals surface area contributed by atoms with Crippen molar-refractivity contribution in [3.8, 4) is 0 Å². The van der Waals surface area contributed by atoms with Gasteiger partial charge in [-0.3, -0.25) is 10.6 Å². The Balaban J connectivity index is 2.96. The van der Waals surface area contributed by atoms with E-state index in [0.29, 0.717) is 0 Å². The zero-order valence-electron chi connectivity index (χ0n) is 7.27. The van der Waals surface area contributed by atoms with Crippen LogP contribution in [0.15, 0.2) is 30.3 Å². The minimum absolute atomic E-state index is 0.476. The SMILES string of the molecule is CN(N)[C@@H](C(=O)Cl)c1ccccc1. The molecule has 1 aromatic rings. The number of nitrogens with zero attached hydrogens (tertiary/aromatic N) is 1. The highest BCUT2D eigenvalue weighted by Crippen LogP contribution is 2.18. The molecule has 0 aromatic heterocycles. The lowest BCUT2D eigenvalue weighted by Gasteiger charge is -2.19. The molecule has 0 radical (unpaired) electrons. The molecule has 0 unspecified atom stereocenters. The summed E-state index contributed by atoms with van der Waals surface area (Å²) in [6.07, 6.45) is 0. The van der Waals surface area contributed by atoms with Crippen molar-refractivity contribution in [2.24, 2.45) is 5.84 Å².